The van der Waals surface area contributed by atoms with Crippen molar-refractivity contribution in [2.24, 2.45) is 7.05 Å². The van der Waals surface area contributed by atoms with Gasteiger partial charge in [-0.3, -0.25) is 9.07 Å². The summed E-state index contributed by atoms with van der Waals surface area (Å²) in [7, 11) is 3.47. The van der Waals surface area contributed by atoms with Crippen LogP contribution in [0.15, 0.2) is 12.4 Å². The molecule has 0 atom stereocenters. The number of rotatable bonds is 10. The molecule has 1 aliphatic rings. The van der Waals surface area contributed by atoms with Crippen LogP contribution in [-0.4, -0.2) is 57.1 Å². The number of ether oxygens (including phenoxy) is 2. The highest BCUT2D eigenvalue weighted by Crippen LogP contribution is 2.27. The molecule has 1 saturated carbocycles. The van der Waals surface area contributed by atoms with E-state index < -0.39 is 6.09 Å². The maximum Gasteiger partial charge on any atom is 0.409 e. The van der Waals surface area contributed by atoms with Gasteiger partial charge in [0.15, 0.2) is 11.6 Å². The van der Waals surface area contributed by atoms with Crippen molar-refractivity contribution in [3.8, 4) is 17.1 Å². The summed E-state index contributed by atoms with van der Waals surface area (Å²) < 4.78 is 25.5. The smallest absolute Gasteiger partial charge is 0.409 e. The van der Waals surface area contributed by atoms with Crippen molar-refractivity contribution in [2.75, 3.05) is 20.3 Å². The fourth-order valence-corrected chi connectivity index (χ4v) is 3.84. The highest BCUT2D eigenvalue weighted by atomic mass is 19.1. The van der Waals surface area contributed by atoms with E-state index in [1.54, 1.807) is 31.2 Å². The normalized spacial score (nSPS) is 14.4. The van der Waals surface area contributed by atoms with Crippen LogP contribution in [0.25, 0.3) is 11.4 Å². The molecule has 32 heavy (non-hydrogen) atoms. The second-order valence-electron chi connectivity index (χ2n) is 8.38. The van der Waals surface area contributed by atoms with Gasteiger partial charge in [0.1, 0.15) is 6.61 Å². The van der Waals surface area contributed by atoms with Crippen LogP contribution in [0.2, 0.25) is 0 Å². The third kappa shape index (κ3) is 6.40. The lowest BCUT2D eigenvalue weighted by atomic mass is 9.98. The molecule has 0 radical (unpaired) electrons. The standard InChI is InChI=1S/C23H34FN5O3/c1-17-21(32-18-10-6-4-7-11-18)15-25-22(27-17)19-14-26-29(3)20(19)16-31-23(30)28(2)13-9-5-8-12-24/h14-15,18H,4-13,16H2,1-3H3. The zero-order chi connectivity index (χ0) is 22.9. The Balaban J connectivity index is 1.62. The minimum atomic E-state index is -0.425. The number of alkyl halides is 1. The molecular weight excluding hydrogens is 413 g/mol. The van der Waals surface area contributed by atoms with Gasteiger partial charge in [0.25, 0.3) is 0 Å². The van der Waals surface area contributed by atoms with Crippen LogP contribution in [0.4, 0.5) is 9.18 Å². The van der Waals surface area contributed by atoms with Gasteiger partial charge in [-0.15, -0.1) is 0 Å². The monoisotopic (exact) mass is 447 g/mol. The average Bonchev–Trinajstić information content (AvgIpc) is 3.17. The van der Waals surface area contributed by atoms with Crippen LogP contribution in [0.5, 0.6) is 5.75 Å². The predicted octanol–water partition coefficient (Wildman–Crippen LogP) is 4.61. The van der Waals surface area contributed by atoms with Crippen LogP contribution in [0, 0.1) is 6.92 Å². The Bertz CT molecular complexity index is 883. The van der Waals surface area contributed by atoms with Crippen LogP contribution in [0.1, 0.15) is 62.8 Å². The highest BCUT2D eigenvalue weighted by Gasteiger charge is 2.20. The molecule has 3 rings (SSSR count). The van der Waals surface area contributed by atoms with Gasteiger partial charge in [-0.1, -0.05) is 6.42 Å². The molecule has 2 aromatic rings. The minimum Gasteiger partial charge on any atom is -0.487 e. The summed E-state index contributed by atoms with van der Waals surface area (Å²) in [6.07, 6.45) is 11.0. The first kappa shape index (κ1) is 23.9. The summed E-state index contributed by atoms with van der Waals surface area (Å²) in [5, 5.41) is 4.30. The third-order valence-corrected chi connectivity index (χ3v) is 5.85. The molecular formula is C23H34FN5O3. The van der Waals surface area contributed by atoms with Crippen molar-refractivity contribution >= 4 is 6.09 Å². The van der Waals surface area contributed by atoms with E-state index in [9.17, 15) is 9.18 Å². The van der Waals surface area contributed by atoms with E-state index in [1.807, 2.05) is 6.92 Å². The van der Waals surface area contributed by atoms with Crippen molar-refractivity contribution < 1.29 is 18.7 Å². The quantitative estimate of drug-likeness (QED) is 0.495. The van der Waals surface area contributed by atoms with Gasteiger partial charge in [-0.05, 0) is 51.9 Å². The largest absolute Gasteiger partial charge is 0.487 e. The van der Waals surface area contributed by atoms with Gasteiger partial charge in [0.2, 0.25) is 0 Å². The van der Waals surface area contributed by atoms with E-state index in [0.717, 1.165) is 36.9 Å². The Morgan fingerprint density at radius 1 is 1.22 bits per heavy atom. The third-order valence-electron chi connectivity index (χ3n) is 5.85. The Kier molecular flexibility index (Phi) is 8.81. The molecule has 0 aliphatic heterocycles. The number of nitrogens with zero attached hydrogens (tertiary/aromatic N) is 5. The lowest BCUT2D eigenvalue weighted by Gasteiger charge is -2.23. The van der Waals surface area contributed by atoms with Gasteiger partial charge in [-0.25, -0.2) is 14.8 Å². The van der Waals surface area contributed by atoms with Crippen LogP contribution < -0.4 is 4.74 Å². The topological polar surface area (TPSA) is 82.4 Å². The molecule has 0 unspecified atom stereocenters. The molecule has 1 fully saturated rings. The fraction of sp³-hybridized carbons (Fsp3) is 0.652. The first-order chi connectivity index (χ1) is 15.5. The highest BCUT2D eigenvalue weighted by molar-refractivity contribution is 5.67. The predicted molar refractivity (Wildman–Crippen MR) is 119 cm³/mol. The molecule has 0 bridgehead atoms. The van der Waals surface area contributed by atoms with Gasteiger partial charge in [0.05, 0.1) is 42.1 Å². The maximum atomic E-state index is 12.3. The molecule has 9 heteroatoms. The minimum absolute atomic E-state index is 0.0578. The molecule has 0 N–H and O–H groups in total. The number of halogens is 1. The number of unbranched alkanes of at least 4 members (excludes halogenated alkanes) is 2. The molecule has 0 aromatic carbocycles. The van der Waals surface area contributed by atoms with Crippen LogP contribution in [0.3, 0.4) is 0 Å². The molecule has 0 spiro atoms. The molecule has 176 valence electrons. The maximum absolute atomic E-state index is 12.3. The molecule has 2 heterocycles. The molecule has 2 aromatic heterocycles. The Morgan fingerprint density at radius 2 is 2.00 bits per heavy atom. The van der Waals surface area contributed by atoms with Crippen LogP contribution in [-0.2, 0) is 18.4 Å². The van der Waals surface area contributed by atoms with Crippen molar-refractivity contribution in [2.45, 2.75) is 71.0 Å². The second-order valence-corrected chi connectivity index (χ2v) is 8.38. The number of carbonyl (C=O) groups excluding carboxylic acids is 1. The average molecular weight is 448 g/mol. The zero-order valence-corrected chi connectivity index (χ0v) is 19.3. The van der Waals surface area contributed by atoms with Crippen molar-refractivity contribution in [1.82, 2.24) is 24.6 Å². The van der Waals surface area contributed by atoms with Gasteiger partial charge >= 0.3 is 6.09 Å². The van der Waals surface area contributed by atoms with Crippen molar-refractivity contribution in [3.63, 3.8) is 0 Å². The molecule has 0 saturated heterocycles. The first-order valence-electron chi connectivity index (χ1n) is 11.4. The zero-order valence-electron chi connectivity index (χ0n) is 19.3. The Labute approximate surface area is 189 Å². The van der Waals surface area contributed by atoms with E-state index in [1.165, 1.54) is 24.2 Å². The molecule has 1 aliphatic carbocycles. The molecule has 8 nitrogen and oxygen atoms in total. The summed E-state index contributed by atoms with van der Waals surface area (Å²) >= 11 is 0. The molecule has 1 amide bonds. The second kappa shape index (κ2) is 11.8. The summed E-state index contributed by atoms with van der Waals surface area (Å²) in [6.45, 7) is 2.17. The fourth-order valence-electron chi connectivity index (χ4n) is 3.84. The van der Waals surface area contributed by atoms with E-state index in [0.29, 0.717) is 30.2 Å². The SMILES string of the molecule is Cc1nc(-c2cnn(C)c2COC(=O)N(C)CCCCCF)ncc1OC1CCCCC1. The lowest BCUT2D eigenvalue weighted by molar-refractivity contribution is 0.102. The lowest BCUT2D eigenvalue weighted by Crippen LogP contribution is -2.28. The van der Waals surface area contributed by atoms with Crippen molar-refractivity contribution in [1.29, 1.82) is 0 Å². The number of amides is 1. The van der Waals surface area contributed by atoms with Gasteiger partial charge in [0, 0.05) is 20.6 Å². The van der Waals surface area contributed by atoms with E-state index in [2.05, 4.69) is 15.1 Å². The summed E-state index contributed by atoms with van der Waals surface area (Å²) in [6, 6.07) is 0. The first-order valence-corrected chi connectivity index (χ1v) is 11.4. The summed E-state index contributed by atoms with van der Waals surface area (Å²) in [4.78, 5) is 22.9. The number of hydrogen-bond acceptors (Lipinski definition) is 6. The van der Waals surface area contributed by atoms with Crippen LogP contribution >= 0.6 is 0 Å². The number of aryl methyl sites for hydroxylation is 2. The number of carbonyl (C=O) groups is 1. The van der Waals surface area contributed by atoms with E-state index in [4.69, 9.17) is 9.47 Å². The van der Waals surface area contributed by atoms with E-state index >= 15 is 0 Å². The number of hydrogen-bond donors (Lipinski definition) is 0. The Morgan fingerprint density at radius 3 is 2.72 bits per heavy atom. The summed E-state index contributed by atoms with van der Waals surface area (Å²) in [5.41, 5.74) is 2.21. The van der Waals surface area contributed by atoms with Crippen molar-refractivity contribution in [3.05, 3.63) is 23.8 Å². The van der Waals surface area contributed by atoms with E-state index in [-0.39, 0.29) is 19.4 Å². The number of aromatic nitrogens is 4. The van der Waals surface area contributed by atoms with Gasteiger partial charge in [-0.2, -0.15) is 5.10 Å². The van der Waals surface area contributed by atoms with Gasteiger partial charge < -0.3 is 14.4 Å². The summed E-state index contributed by atoms with van der Waals surface area (Å²) in [5.74, 6) is 1.24. The Hall–Kier alpha value is -2.71.